The first-order valence-corrected chi connectivity index (χ1v) is 7.45. The van der Waals surface area contributed by atoms with Crippen LogP contribution in [-0.4, -0.2) is 36.6 Å². The average Bonchev–Trinajstić information content (AvgIpc) is 2.54. The van der Waals surface area contributed by atoms with Crippen LogP contribution in [0.15, 0.2) is 30.3 Å². The molecular formula is C17H24N2O3. The third-order valence-electron chi connectivity index (χ3n) is 3.16. The molecule has 0 saturated carbocycles. The van der Waals surface area contributed by atoms with Gasteiger partial charge < -0.3 is 15.7 Å². The molecule has 2 amide bonds. The topological polar surface area (TPSA) is 78.4 Å². The molecule has 0 bridgehead atoms. The Labute approximate surface area is 131 Å². The Bertz CT molecular complexity index is 526. The standard InChI is InChI=1S/C17H24N2O3/c1-13(12-20)19-17(22)15-9-6-8-14(11-15)7-4-3-5-10-16(21)18-2/h4,6-9,11,13,20H,3,5,10,12H2,1-2H3,(H,18,21)(H,19,22)/b7-4-/t13-/m0/s1. The van der Waals surface area contributed by atoms with E-state index in [-0.39, 0.29) is 24.5 Å². The number of allylic oxidation sites excluding steroid dienone is 1. The molecule has 3 N–H and O–H groups in total. The van der Waals surface area contributed by atoms with Crippen molar-refractivity contribution >= 4 is 17.9 Å². The molecule has 0 aliphatic heterocycles. The van der Waals surface area contributed by atoms with Crippen LogP contribution in [0.25, 0.3) is 6.08 Å². The van der Waals surface area contributed by atoms with E-state index in [0.717, 1.165) is 18.4 Å². The first-order valence-electron chi connectivity index (χ1n) is 7.45. The first-order chi connectivity index (χ1) is 10.6. The van der Waals surface area contributed by atoms with E-state index < -0.39 is 0 Å². The van der Waals surface area contributed by atoms with Gasteiger partial charge in [0.25, 0.3) is 5.91 Å². The molecule has 22 heavy (non-hydrogen) atoms. The molecule has 0 aliphatic carbocycles. The van der Waals surface area contributed by atoms with Gasteiger partial charge in [0.05, 0.1) is 6.61 Å². The van der Waals surface area contributed by atoms with Gasteiger partial charge in [-0.25, -0.2) is 0 Å². The molecule has 0 spiro atoms. The lowest BCUT2D eigenvalue weighted by atomic mass is 10.1. The van der Waals surface area contributed by atoms with Gasteiger partial charge in [-0.2, -0.15) is 0 Å². The summed E-state index contributed by atoms with van der Waals surface area (Å²) in [6, 6.07) is 7.01. The number of rotatable bonds is 8. The lowest BCUT2D eigenvalue weighted by Gasteiger charge is -2.10. The minimum atomic E-state index is -0.267. The van der Waals surface area contributed by atoms with E-state index in [2.05, 4.69) is 10.6 Å². The highest BCUT2D eigenvalue weighted by atomic mass is 16.3. The number of unbranched alkanes of at least 4 members (excludes halogenated alkanes) is 1. The van der Waals surface area contributed by atoms with Gasteiger partial charge in [-0.3, -0.25) is 9.59 Å². The van der Waals surface area contributed by atoms with E-state index in [4.69, 9.17) is 5.11 Å². The lowest BCUT2D eigenvalue weighted by Crippen LogP contribution is -2.34. The largest absolute Gasteiger partial charge is 0.394 e. The van der Waals surface area contributed by atoms with Crippen molar-refractivity contribution in [3.05, 3.63) is 41.5 Å². The van der Waals surface area contributed by atoms with Crippen LogP contribution in [-0.2, 0) is 4.79 Å². The summed E-state index contributed by atoms with van der Waals surface area (Å²) >= 11 is 0. The molecule has 5 nitrogen and oxygen atoms in total. The van der Waals surface area contributed by atoms with Crippen LogP contribution >= 0.6 is 0 Å². The number of hydrogen-bond acceptors (Lipinski definition) is 3. The molecule has 1 atom stereocenters. The minimum absolute atomic E-state index is 0.0464. The summed E-state index contributed by atoms with van der Waals surface area (Å²) in [5.41, 5.74) is 1.50. The van der Waals surface area contributed by atoms with Crippen molar-refractivity contribution in [3.63, 3.8) is 0 Å². The molecule has 1 rings (SSSR count). The third kappa shape index (κ3) is 6.54. The van der Waals surface area contributed by atoms with Gasteiger partial charge in [0.15, 0.2) is 0 Å². The highest BCUT2D eigenvalue weighted by molar-refractivity contribution is 5.94. The van der Waals surface area contributed by atoms with Crippen molar-refractivity contribution in [1.29, 1.82) is 0 Å². The van der Waals surface area contributed by atoms with Crippen LogP contribution in [0, 0.1) is 0 Å². The predicted molar refractivity (Wildman–Crippen MR) is 87.4 cm³/mol. The number of benzene rings is 1. The van der Waals surface area contributed by atoms with Crippen LogP contribution in [0.4, 0.5) is 0 Å². The monoisotopic (exact) mass is 304 g/mol. The fourth-order valence-corrected chi connectivity index (χ4v) is 1.86. The van der Waals surface area contributed by atoms with Crippen LogP contribution in [0.2, 0.25) is 0 Å². The second-order valence-electron chi connectivity index (χ2n) is 5.15. The summed E-state index contributed by atoms with van der Waals surface area (Å²) in [6.07, 6.45) is 6.06. The van der Waals surface area contributed by atoms with Crippen molar-refractivity contribution in [2.24, 2.45) is 0 Å². The number of carbonyl (C=O) groups is 2. The second kappa shape index (κ2) is 9.73. The molecular weight excluding hydrogens is 280 g/mol. The summed E-state index contributed by atoms with van der Waals surface area (Å²) < 4.78 is 0. The smallest absolute Gasteiger partial charge is 0.251 e. The van der Waals surface area contributed by atoms with Gasteiger partial charge in [0, 0.05) is 25.1 Å². The highest BCUT2D eigenvalue weighted by Crippen LogP contribution is 2.09. The van der Waals surface area contributed by atoms with E-state index in [9.17, 15) is 9.59 Å². The average molecular weight is 304 g/mol. The van der Waals surface area contributed by atoms with Crippen LogP contribution in [0.1, 0.15) is 42.1 Å². The Hall–Kier alpha value is -2.14. The van der Waals surface area contributed by atoms with Gasteiger partial charge in [-0.15, -0.1) is 0 Å². The summed E-state index contributed by atoms with van der Waals surface area (Å²) in [6.45, 7) is 1.66. The Morgan fingerprint density at radius 3 is 2.82 bits per heavy atom. The maximum absolute atomic E-state index is 12.0. The Kier molecular flexibility index (Phi) is 7.92. The molecule has 0 aromatic heterocycles. The molecule has 0 aliphatic rings. The van der Waals surface area contributed by atoms with Gasteiger partial charge in [0.1, 0.15) is 0 Å². The number of aliphatic hydroxyl groups is 1. The van der Waals surface area contributed by atoms with Crippen molar-refractivity contribution in [2.45, 2.75) is 32.2 Å². The zero-order valence-corrected chi connectivity index (χ0v) is 13.1. The zero-order chi connectivity index (χ0) is 16.4. The van der Waals surface area contributed by atoms with E-state index >= 15 is 0 Å². The molecule has 0 unspecified atom stereocenters. The quantitative estimate of drug-likeness (QED) is 0.640. The van der Waals surface area contributed by atoms with Crippen molar-refractivity contribution in [2.75, 3.05) is 13.7 Å². The molecule has 120 valence electrons. The van der Waals surface area contributed by atoms with Crippen molar-refractivity contribution in [3.8, 4) is 0 Å². The summed E-state index contributed by atoms with van der Waals surface area (Å²) in [5, 5.41) is 14.3. The summed E-state index contributed by atoms with van der Waals surface area (Å²) in [5.74, 6) is -0.151. The van der Waals surface area contributed by atoms with Crippen molar-refractivity contribution < 1.29 is 14.7 Å². The minimum Gasteiger partial charge on any atom is -0.394 e. The molecule has 5 heteroatoms. The SMILES string of the molecule is CNC(=O)CCC/C=C\c1cccc(C(=O)N[C@@H](C)CO)c1. The number of hydrogen-bond donors (Lipinski definition) is 3. The number of aliphatic hydroxyl groups excluding tert-OH is 1. The van der Waals surface area contributed by atoms with Gasteiger partial charge in [-0.05, 0) is 37.5 Å². The highest BCUT2D eigenvalue weighted by Gasteiger charge is 2.08. The van der Waals surface area contributed by atoms with Crippen LogP contribution in [0.5, 0.6) is 0 Å². The summed E-state index contributed by atoms with van der Waals surface area (Å²) in [7, 11) is 1.63. The summed E-state index contributed by atoms with van der Waals surface area (Å²) in [4.78, 5) is 23.0. The van der Waals surface area contributed by atoms with Gasteiger partial charge in [-0.1, -0.05) is 24.3 Å². The zero-order valence-electron chi connectivity index (χ0n) is 13.1. The van der Waals surface area contributed by atoms with Crippen molar-refractivity contribution in [1.82, 2.24) is 10.6 Å². The van der Waals surface area contributed by atoms with E-state index in [1.54, 1.807) is 26.1 Å². The number of carbonyl (C=O) groups excluding carboxylic acids is 2. The Morgan fingerprint density at radius 1 is 1.36 bits per heavy atom. The van der Waals surface area contributed by atoms with Gasteiger partial charge >= 0.3 is 0 Å². The second-order valence-corrected chi connectivity index (χ2v) is 5.15. The normalized spacial score (nSPS) is 12.1. The van der Waals surface area contributed by atoms with E-state index in [0.29, 0.717) is 12.0 Å². The fraction of sp³-hybridized carbons (Fsp3) is 0.412. The van der Waals surface area contributed by atoms with Crippen LogP contribution in [0.3, 0.4) is 0 Å². The molecule has 0 radical (unpaired) electrons. The maximum atomic E-state index is 12.0. The van der Waals surface area contributed by atoms with Crippen LogP contribution < -0.4 is 10.6 Å². The fourth-order valence-electron chi connectivity index (χ4n) is 1.86. The third-order valence-corrected chi connectivity index (χ3v) is 3.16. The molecule has 0 fully saturated rings. The molecule has 1 aromatic rings. The Balaban J connectivity index is 2.53. The predicted octanol–water partition coefficient (Wildman–Crippen LogP) is 1.73. The number of amides is 2. The first kappa shape index (κ1) is 17.9. The van der Waals surface area contributed by atoms with E-state index in [1.165, 1.54) is 0 Å². The maximum Gasteiger partial charge on any atom is 0.251 e. The number of nitrogens with one attached hydrogen (secondary N) is 2. The molecule has 1 aromatic carbocycles. The lowest BCUT2D eigenvalue weighted by molar-refractivity contribution is -0.120. The molecule has 0 saturated heterocycles. The van der Waals surface area contributed by atoms with E-state index in [1.807, 2.05) is 24.3 Å². The Morgan fingerprint density at radius 2 is 2.14 bits per heavy atom. The molecule has 0 heterocycles. The van der Waals surface area contributed by atoms with Gasteiger partial charge in [0.2, 0.25) is 5.91 Å².